The highest BCUT2D eigenvalue weighted by Gasteiger charge is 2.58. The van der Waals surface area contributed by atoms with Crippen LogP contribution in [0, 0.1) is 51.8 Å². The Morgan fingerprint density at radius 3 is 2.33 bits per heavy atom. The maximum Gasteiger partial charge on any atom is 0.0544 e. The second kappa shape index (κ2) is 14.7. The van der Waals surface area contributed by atoms with E-state index in [1.165, 1.54) is 127 Å². The van der Waals surface area contributed by atoms with Crippen molar-refractivity contribution in [1.82, 2.24) is 4.57 Å². The van der Waals surface area contributed by atoms with E-state index in [-0.39, 0.29) is 5.41 Å². The maximum absolute atomic E-state index is 2.78. The summed E-state index contributed by atoms with van der Waals surface area (Å²) in [6.07, 6.45) is 16.8. The van der Waals surface area contributed by atoms with E-state index in [0.29, 0.717) is 22.2 Å². The zero-order valence-electron chi connectivity index (χ0n) is 38.1. The SMILES string of the molecule is CCC[C@]1(C)C([C@H]2CCC3CC(c4cccc(-n5c6ccccc6c6cc7c(cc65)C(C)(C)c5ccccc5-7)c4)CC[C@@]3(C)[C@@H]2C)CCC1C(C)(C)CCCC(C)C. The summed E-state index contributed by atoms with van der Waals surface area (Å²) in [6.45, 7) is 25.6. The van der Waals surface area contributed by atoms with Gasteiger partial charge >= 0.3 is 0 Å². The molecule has 3 fully saturated rings. The molecule has 0 spiro atoms. The number of rotatable bonds is 10. The lowest BCUT2D eigenvalue weighted by Gasteiger charge is -2.58. The zero-order valence-corrected chi connectivity index (χ0v) is 38.1. The van der Waals surface area contributed by atoms with E-state index in [2.05, 4.69) is 159 Å². The molecule has 3 saturated carbocycles. The Labute approximate surface area is 352 Å². The molecule has 4 unspecified atom stereocenters. The molecule has 4 aliphatic rings. The van der Waals surface area contributed by atoms with Crippen molar-refractivity contribution in [1.29, 1.82) is 0 Å². The van der Waals surface area contributed by atoms with Crippen LogP contribution in [0.2, 0.25) is 0 Å². The van der Waals surface area contributed by atoms with Gasteiger partial charge in [0, 0.05) is 21.9 Å². The number of hydrogen-bond acceptors (Lipinski definition) is 0. The fourth-order valence-corrected chi connectivity index (χ4v) is 15.1. The van der Waals surface area contributed by atoms with Crippen LogP contribution in [-0.2, 0) is 5.41 Å². The lowest BCUT2D eigenvalue weighted by molar-refractivity contribution is -0.0780. The van der Waals surface area contributed by atoms with Gasteiger partial charge in [0.15, 0.2) is 0 Å². The Hall–Kier alpha value is -3.32. The molecule has 0 saturated heterocycles. The molecule has 1 heterocycles. The average Bonchev–Trinajstić information content (AvgIpc) is 3.79. The first-order chi connectivity index (χ1) is 27.7. The fourth-order valence-electron chi connectivity index (χ4n) is 15.1. The molecule has 1 heteroatoms. The molecule has 1 nitrogen and oxygen atoms in total. The van der Waals surface area contributed by atoms with Gasteiger partial charge in [0.2, 0.25) is 0 Å². The Morgan fingerprint density at radius 2 is 1.53 bits per heavy atom. The van der Waals surface area contributed by atoms with Gasteiger partial charge in [0.1, 0.15) is 0 Å². The van der Waals surface area contributed by atoms with E-state index in [4.69, 9.17) is 0 Å². The summed E-state index contributed by atoms with van der Waals surface area (Å²) in [7, 11) is 0. The van der Waals surface area contributed by atoms with Gasteiger partial charge in [-0.1, -0.05) is 143 Å². The third-order valence-corrected chi connectivity index (χ3v) is 18.3. The van der Waals surface area contributed by atoms with Gasteiger partial charge in [-0.05, 0) is 174 Å². The van der Waals surface area contributed by atoms with Crippen molar-refractivity contribution in [3.63, 3.8) is 0 Å². The number of para-hydroxylation sites is 1. The van der Waals surface area contributed by atoms with E-state index in [1.54, 1.807) is 5.56 Å². The normalized spacial score (nSPS) is 30.5. The highest BCUT2D eigenvalue weighted by atomic mass is 15.0. The standard InChI is InChI=1S/C57H75N/c1-11-30-57(10)49(27-28-53(57)54(5,6)31-17-18-37(2)3)43-26-25-41-33-40(29-32-56(41,9)38(43)4)39-19-16-20-42(34-39)58-51-24-15-13-22-45(51)47-35-46-44-21-12-14-23-48(44)55(7,8)50(46)36-52(47)58/h12-16,19-24,34-38,40-41,43,49,53H,11,17-18,25-33H2,1-10H3/t38-,40?,41?,43+,49?,53?,56+,57-/m1/s1. The van der Waals surface area contributed by atoms with E-state index >= 15 is 0 Å². The summed E-state index contributed by atoms with van der Waals surface area (Å²) in [5.41, 5.74) is 12.6. The minimum atomic E-state index is -0.0218. The molecule has 9 rings (SSSR count). The van der Waals surface area contributed by atoms with Crippen LogP contribution < -0.4 is 0 Å². The predicted molar refractivity (Wildman–Crippen MR) is 250 cm³/mol. The molecule has 4 aromatic carbocycles. The highest BCUT2D eigenvalue weighted by Crippen LogP contribution is 2.66. The van der Waals surface area contributed by atoms with Crippen molar-refractivity contribution in [2.24, 2.45) is 51.8 Å². The first-order valence-electron chi connectivity index (χ1n) is 24.0. The number of fused-ring (bicyclic) bond motifs is 7. The predicted octanol–water partition coefficient (Wildman–Crippen LogP) is 16.7. The van der Waals surface area contributed by atoms with E-state index < -0.39 is 0 Å². The van der Waals surface area contributed by atoms with E-state index in [1.807, 2.05) is 0 Å². The number of benzene rings is 4. The quantitative estimate of drug-likeness (QED) is 0.133. The van der Waals surface area contributed by atoms with Crippen LogP contribution in [0.3, 0.4) is 0 Å². The van der Waals surface area contributed by atoms with Gasteiger partial charge in [-0.2, -0.15) is 0 Å². The molecule has 4 aliphatic carbocycles. The number of hydrogen-bond donors (Lipinski definition) is 0. The fraction of sp³-hybridized carbons (Fsp3) is 0.579. The monoisotopic (exact) mass is 774 g/mol. The molecule has 58 heavy (non-hydrogen) atoms. The summed E-state index contributed by atoms with van der Waals surface area (Å²) in [5.74, 6) is 5.70. The molecule has 1 aromatic heterocycles. The molecular formula is C57H75N. The van der Waals surface area contributed by atoms with Crippen molar-refractivity contribution in [2.45, 2.75) is 158 Å². The van der Waals surface area contributed by atoms with Crippen molar-refractivity contribution >= 4 is 21.8 Å². The summed E-state index contributed by atoms with van der Waals surface area (Å²) in [5, 5.41) is 2.72. The van der Waals surface area contributed by atoms with Gasteiger partial charge in [0.25, 0.3) is 0 Å². The third-order valence-electron chi connectivity index (χ3n) is 18.3. The molecule has 5 aromatic rings. The summed E-state index contributed by atoms with van der Waals surface area (Å²) in [4.78, 5) is 0. The van der Waals surface area contributed by atoms with Gasteiger partial charge in [0.05, 0.1) is 11.0 Å². The average molecular weight is 774 g/mol. The van der Waals surface area contributed by atoms with Crippen LogP contribution >= 0.6 is 0 Å². The smallest absolute Gasteiger partial charge is 0.0544 e. The van der Waals surface area contributed by atoms with Crippen LogP contribution in [0.15, 0.2) is 84.9 Å². The maximum atomic E-state index is 2.78. The summed E-state index contributed by atoms with van der Waals surface area (Å²) < 4.78 is 2.58. The summed E-state index contributed by atoms with van der Waals surface area (Å²) in [6, 6.07) is 33.0. The van der Waals surface area contributed by atoms with E-state index in [9.17, 15) is 0 Å². The van der Waals surface area contributed by atoms with E-state index in [0.717, 1.165) is 35.5 Å². The number of aromatic nitrogens is 1. The minimum Gasteiger partial charge on any atom is -0.309 e. The second-order valence-corrected chi connectivity index (χ2v) is 22.5. The largest absolute Gasteiger partial charge is 0.309 e. The lowest BCUT2D eigenvalue weighted by Crippen LogP contribution is -2.49. The molecule has 0 aliphatic heterocycles. The molecule has 308 valence electrons. The highest BCUT2D eigenvalue weighted by molar-refractivity contribution is 6.11. The van der Waals surface area contributed by atoms with Gasteiger partial charge in [-0.25, -0.2) is 0 Å². The first-order valence-corrected chi connectivity index (χ1v) is 24.0. The Morgan fingerprint density at radius 1 is 0.759 bits per heavy atom. The molecule has 8 atom stereocenters. The van der Waals surface area contributed by atoms with Crippen LogP contribution in [0.25, 0.3) is 38.6 Å². The lowest BCUT2D eigenvalue weighted by atomic mass is 9.47. The minimum absolute atomic E-state index is 0.0218. The second-order valence-electron chi connectivity index (χ2n) is 22.5. The van der Waals surface area contributed by atoms with Gasteiger partial charge in [-0.3, -0.25) is 0 Å². The molecule has 0 amide bonds. The molecule has 0 radical (unpaired) electrons. The van der Waals surface area contributed by atoms with Crippen molar-refractivity contribution in [3.05, 3.63) is 102 Å². The first kappa shape index (κ1) is 40.1. The van der Waals surface area contributed by atoms with Crippen molar-refractivity contribution < 1.29 is 0 Å². The number of nitrogens with zero attached hydrogens (tertiary/aromatic N) is 1. The van der Waals surface area contributed by atoms with Crippen molar-refractivity contribution in [2.75, 3.05) is 0 Å². The zero-order chi connectivity index (χ0) is 40.8. The van der Waals surface area contributed by atoms with Crippen LogP contribution in [0.4, 0.5) is 0 Å². The van der Waals surface area contributed by atoms with Crippen LogP contribution in [0.1, 0.15) is 169 Å². The Bertz CT molecular complexity index is 2300. The van der Waals surface area contributed by atoms with Gasteiger partial charge in [-0.15, -0.1) is 0 Å². The van der Waals surface area contributed by atoms with Gasteiger partial charge < -0.3 is 4.57 Å². The molecular weight excluding hydrogens is 699 g/mol. The topological polar surface area (TPSA) is 4.93 Å². The molecule has 0 N–H and O–H groups in total. The summed E-state index contributed by atoms with van der Waals surface area (Å²) >= 11 is 0. The van der Waals surface area contributed by atoms with Crippen LogP contribution in [-0.4, -0.2) is 4.57 Å². The Kier molecular flexibility index (Phi) is 10.2. The molecule has 0 bridgehead atoms. The Balaban J connectivity index is 0.980. The van der Waals surface area contributed by atoms with Crippen LogP contribution in [0.5, 0.6) is 0 Å². The van der Waals surface area contributed by atoms with Crippen molar-refractivity contribution in [3.8, 4) is 16.8 Å². The third kappa shape index (κ3) is 6.28.